The molecule has 1 heterocycles. The molecule has 0 aliphatic carbocycles. The molecule has 0 N–H and O–H groups in total. The molecule has 0 saturated heterocycles. The first-order valence-electron chi connectivity index (χ1n) is 12.7. The smallest absolute Gasteiger partial charge is 0.242 e. The Morgan fingerprint density at radius 1 is 0.853 bits per heavy atom. The molecule has 188 valence electrons. The molecule has 6 heteroatoms. The maximum absolute atomic E-state index is 13.3. The van der Waals surface area contributed by atoms with Gasteiger partial charge in [-0.1, -0.05) is 75.8 Å². The fourth-order valence-electron chi connectivity index (χ4n) is 3.94. The van der Waals surface area contributed by atoms with Crippen LogP contribution in [0.15, 0.2) is 53.1 Å². The van der Waals surface area contributed by atoms with Crippen LogP contribution in [-0.2, 0) is 27.3 Å². The summed E-state index contributed by atoms with van der Waals surface area (Å²) in [4.78, 5) is 29.7. The lowest BCUT2D eigenvalue weighted by Crippen LogP contribution is -2.44. The summed E-state index contributed by atoms with van der Waals surface area (Å²) in [7, 11) is 1.61. The number of rotatable bonds is 18. The molecule has 0 bridgehead atoms. The SMILES string of the molecule is CCCCCCCCCC(=O)N(CCOC)CC(=O)N(CCc1ccccc1)Cc1ccco1. The van der Waals surface area contributed by atoms with Gasteiger partial charge in [0.2, 0.25) is 11.8 Å². The van der Waals surface area contributed by atoms with E-state index in [0.29, 0.717) is 32.7 Å². The first-order valence-corrected chi connectivity index (χ1v) is 12.7. The molecule has 6 nitrogen and oxygen atoms in total. The number of unbranched alkanes of at least 4 members (excludes halogenated alkanes) is 6. The highest BCUT2D eigenvalue weighted by molar-refractivity contribution is 5.84. The Hall–Kier alpha value is -2.60. The van der Waals surface area contributed by atoms with E-state index in [4.69, 9.17) is 9.15 Å². The molecule has 34 heavy (non-hydrogen) atoms. The van der Waals surface area contributed by atoms with Crippen molar-refractivity contribution in [2.24, 2.45) is 0 Å². The largest absolute Gasteiger partial charge is 0.467 e. The van der Waals surface area contributed by atoms with E-state index in [1.807, 2.05) is 30.3 Å². The Balaban J connectivity index is 1.92. The number of furan rings is 1. The van der Waals surface area contributed by atoms with Crippen molar-refractivity contribution in [1.82, 2.24) is 9.80 Å². The van der Waals surface area contributed by atoms with E-state index in [0.717, 1.165) is 25.0 Å². The quantitative estimate of drug-likeness (QED) is 0.271. The van der Waals surface area contributed by atoms with E-state index < -0.39 is 0 Å². The van der Waals surface area contributed by atoms with E-state index in [2.05, 4.69) is 19.1 Å². The number of benzene rings is 1. The third-order valence-corrected chi connectivity index (χ3v) is 6.03. The molecule has 0 radical (unpaired) electrons. The second-order valence-corrected chi connectivity index (χ2v) is 8.81. The van der Waals surface area contributed by atoms with E-state index in [-0.39, 0.29) is 18.4 Å². The van der Waals surface area contributed by atoms with Crippen LogP contribution < -0.4 is 0 Å². The third-order valence-electron chi connectivity index (χ3n) is 6.03. The predicted octanol–water partition coefficient (Wildman–Crippen LogP) is 5.47. The molecular weight excluding hydrogens is 428 g/mol. The Labute approximate surface area is 205 Å². The van der Waals surface area contributed by atoms with Crippen LogP contribution in [0.25, 0.3) is 0 Å². The molecule has 2 aromatic rings. The van der Waals surface area contributed by atoms with Crippen LogP contribution in [-0.4, -0.2) is 55.0 Å². The van der Waals surface area contributed by atoms with Crippen molar-refractivity contribution in [3.63, 3.8) is 0 Å². The number of ether oxygens (including phenoxy) is 1. The summed E-state index contributed by atoms with van der Waals surface area (Å²) in [5.41, 5.74) is 1.17. The number of methoxy groups -OCH3 is 1. The summed E-state index contributed by atoms with van der Waals surface area (Å²) in [5.74, 6) is 0.690. The van der Waals surface area contributed by atoms with Crippen molar-refractivity contribution < 1.29 is 18.7 Å². The lowest BCUT2D eigenvalue weighted by molar-refractivity contribution is -0.141. The molecule has 0 saturated carbocycles. The molecule has 1 aromatic carbocycles. The van der Waals surface area contributed by atoms with Crippen molar-refractivity contribution in [1.29, 1.82) is 0 Å². The lowest BCUT2D eigenvalue weighted by Gasteiger charge is -2.27. The Kier molecular flexibility index (Phi) is 13.8. The minimum Gasteiger partial charge on any atom is -0.467 e. The van der Waals surface area contributed by atoms with Gasteiger partial charge in [-0.05, 0) is 30.5 Å². The van der Waals surface area contributed by atoms with Gasteiger partial charge in [0.15, 0.2) is 0 Å². The fourth-order valence-corrected chi connectivity index (χ4v) is 3.94. The summed E-state index contributed by atoms with van der Waals surface area (Å²) < 4.78 is 10.7. The van der Waals surface area contributed by atoms with Gasteiger partial charge in [0.05, 0.1) is 26.0 Å². The predicted molar refractivity (Wildman–Crippen MR) is 135 cm³/mol. The van der Waals surface area contributed by atoms with Crippen molar-refractivity contribution in [3.05, 3.63) is 60.1 Å². The van der Waals surface area contributed by atoms with Crippen LogP contribution in [0.5, 0.6) is 0 Å². The van der Waals surface area contributed by atoms with E-state index >= 15 is 0 Å². The molecule has 0 unspecified atom stereocenters. The zero-order chi connectivity index (χ0) is 24.4. The monoisotopic (exact) mass is 470 g/mol. The second-order valence-electron chi connectivity index (χ2n) is 8.81. The molecule has 0 atom stereocenters. The third kappa shape index (κ3) is 11.0. The normalized spacial score (nSPS) is 10.9. The summed E-state index contributed by atoms with van der Waals surface area (Å²) in [6, 6.07) is 13.8. The number of nitrogens with zero attached hydrogens (tertiary/aromatic N) is 2. The van der Waals surface area contributed by atoms with Gasteiger partial charge in [0, 0.05) is 26.6 Å². The highest BCUT2D eigenvalue weighted by Gasteiger charge is 2.22. The van der Waals surface area contributed by atoms with Crippen molar-refractivity contribution in [2.75, 3.05) is 33.4 Å². The summed E-state index contributed by atoms with van der Waals surface area (Å²) in [5, 5.41) is 0. The Morgan fingerprint density at radius 3 is 2.26 bits per heavy atom. The molecule has 0 fully saturated rings. The molecule has 0 aliphatic heterocycles. The molecule has 2 rings (SSSR count). The van der Waals surface area contributed by atoms with Crippen LogP contribution in [0.4, 0.5) is 0 Å². The van der Waals surface area contributed by atoms with Crippen LogP contribution in [0.1, 0.15) is 69.6 Å². The molecular formula is C28H42N2O4. The fraction of sp³-hybridized carbons (Fsp3) is 0.571. The maximum Gasteiger partial charge on any atom is 0.242 e. The van der Waals surface area contributed by atoms with E-state index in [1.54, 1.807) is 23.2 Å². The van der Waals surface area contributed by atoms with Gasteiger partial charge >= 0.3 is 0 Å². The van der Waals surface area contributed by atoms with Crippen LogP contribution in [0.2, 0.25) is 0 Å². The number of amides is 2. The van der Waals surface area contributed by atoms with E-state index in [1.165, 1.54) is 37.7 Å². The van der Waals surface area contributed by atoms with Crippen LogP contribution in [0.3, 0.4) is 0 Å². The summed E-state index contributed by atoms with van der Waals surface area (Å²) in [6.07, 6.45) is 11.0. The topological polar surface area (TPSA) is 63.0 Å². The minimum atomic E-state index is -0.0728. The molecule has 2 amide bonds. The number of carbonyl (C=O) groups is 2. The average molecular weight is 471 g/mol. The van der Waals surface area contributed by atoms with Gasteiger partial charge < -0.3 is 19.0 Å². The zero-order valence-corrected chi connectivity index (χ0v) is 21.0. The first kappa shape index (κ1) is 27.6. The molecule has 1 aromatic heterocycles. The molecule has 0 spiro atoms. The lowest BCUT2D eigenvalue weighted by atomic mass is 10.1. The minimum absolute atomic E-state index is 0.0277. The van der Waals surface area contributed by atoms with Crippen LogP contribution in [0, 0.1) is 0 Å². The Morgan fingerprint density at radius 2 is 1.59 bits per heavy atom. The molecule has 0 aliphatic rings. The van der Waals surface area contributed by atoms with Gasteiger partial charge in [-0.3, -0.25) is 9.59 Å². The van der Waals surface area contributed by atoms with Gasteiger partial charge in [0.1, 0.15) is 5.76 Å². The van der Waals surface area contributed by atoms with E-state index in [9.17, 15) is 9.59 Å². The Bertz CT molecular complexity index is 792. The van der Waals surface area contributed by atoms with Gasteiger partial charge in [-0.15, -0.1) is 0 Å². The zero-order valence-electron chi connectivity index (χ0n) is 21.0. The standard InChI is InChI=1S/C28H42N2O4/c1-3-4-5-6-7-8-12-17-27(31)30(20-22-33-2)24-28(32)29(23-26-16-13-21-34-26)19-18-25-14-10-9-11-15-25/h9-11,13-16,21H,3-8,12,17-20,22-24H2,1-2H3. The first-order chi connectivity index (χ1) is 16.6. The summed E-state index contributed by atoms with van der Waals surface area (Å²) in [6.45, 7) is 4.07. The van der Waals surface area contributed by atoms with Crippen LogP contribution >= 0.6 is 0 Å². The van der Waals surface area contributed by atoms with Gasteiger partial charge in [-0.2, -0.15) is 0 Å². The highest BCUT2D eigenvalue weighted by atomic mass is 16.5. The van der Waals surface area contributed by atoms with Gasteiger partial charge in [-0.25, -0.2) is 0 Å². The van der Waals surface area contributed by atoms with Crippen molar-refractivity contribution in [2.45, 2.75) is 71.3 Å². The second kappa shape index (κ2) is 16.9. The number of carbonyl (C=O) groups excluding carboxylic acids is 2. The maximum atomic E-state index is 13.3. The average Bonchev–Trinajstić information content (AvgIpc) is 3.37. The highest BCUT2D eigenvalue weighted by Crippen LogP contribution is 2.12. The van der Waals surface area contributed by atoms with Gasteiger partial charge in [0.25, 0.3) is 0 Å². The van der Waals surface area contributed by atoms with Crippen molar-refractivity contribution in [3.8, 4) is 0 Å². The number of hydrogen-bond acceptors (Lipinski definition) is 4. The number of hydrogen-bond donors (Lipinski definition) is 0. The van der Waals surface area contributed by atoms with Crippen molar-refractivity contribution >= 4 is 11.8 Å². The summed E-state index contributed by atoms with van der Waals surface area (Å²) >= 11 is 0.